The quantitative estimate of drug-likeness (QED) is 0.428. The molecule has 0 saturated carbocycles. The van der Waals surface area contributed by atoms with E-state index in [-0.39, 0.29) is 30.6 Å². The lowest BCUT2D eigenvalue weighted by Gasteiger charge is -2.39. The van der Waals surface area contributed by atoms with E-state index >= 15 is 0 Å². The molecule has 6 rings (SSSR count). The number of fused-ring (bicyclic) bond motifs is 3. The van der Waals surface area contributed by atoms with Crippen molar-refractivity contribution in [3.63, 3.8) is 0 Å². The van der Waals surface area contributed by atoms with Gasteiger partial charge in [-0.2, -0.15) is 0 Å². The van der Waals surface area contributed by atoms with Crippen LogP contribution in [-0.2, 0) is 16.1 Å². The SMILES string of the molecule is COc1cc(C2c3cc4c(cc3C(NCc3ccccc3Cl)C3COC(=O)C23)OCO4)cc(OC)c1OC. The number of methoxy groups -OCH3 is 3. The second-order valence-electron chi connectivity index (χ2n) is 9.54. The van der Waals surface area contributed by atoms with Crippen molar-refractivity contribution in [2.45, 2.75) is 18.5 Å². The molecule has 0 spiro atoms. The van der Waals surface area contributed by atoms with Gasteiger partial charge in [-0.3, -0.25) is 4.79 Å². The van der Waals surface area contributed by atoms with Crippen LogP contribution in [0.15, 0.2) is 48.5 Å². The van der Waals surface area contributed by atoms with Gasteiger partial charge in [-0.05, 0) is 52.6 Å². The van der Waals surface area contributed by atoms with E-state index in [4.69, 9.17) is 40.0 Å². The fourth-order valence-electron chi connectivity index (χ4n) is 5.97. The maximum absolute atomic E-state index is 13.3. The van der Waals surface area contributed by atoms with E-state index in [1.807, 2.05) is 48.5 Å². The van der Waals surface area contributed by atoms with E-state index in [0.29, 0.717) is 46.9 Å². The summed E-state index contributed by atoms with van der Waals surface area (Å²) >= 11 is 6.45. The van der Waals surface area contributed by atoms with E-state index in [9.17, 15) is 4.79 Å². The van der Waals surface area contributed by atoms with E-state index in [0.717, 1.165) is 22.3 Å². The minimum Gasteiger partial charge on any atom is -0.493 e. The Morgan fingerprint density at radius 3 is 2.26 bits per heavy atom. The standard InChI is InChI=1S/C29H28ClNO7/c1-33-23-8-16(9-24(34-2)28(23)35-3)25-17-10-21-22(38-14-37-21)11-18(17)27(19-13-36-29(32)26(19)25)31-12-15-6-4-5-7-20(15)30/h4-11,19,25-27,31H,12-14H2,1-3H3. The number of carbonyl (C=O) groups excluding carboxylic acids is 1. The molecular weight excluding hydrogens is 510 g/mol. The van der Waals surface area contributed by atoms with Gasteiger partial charge in [0.05, 0.1) is 33.9 Å². The second-order valence-corrected chi connectivity index (χ2v) is 9.95. The first-order valence-corrected chi connectivity index (χ1v) is 12.8. The first-order chi connectivity index (χ1) is 18.5. The molecule has 1 N–H and O–H groups in total. The third kappa shape index (κ3) is 3.99. The van der Waals surface area contributed by atoms with E-state index in [1.54, 1.807) is 21.3 Å². The van der Waals surface area contributed by atoms with Crippen LogP contribution in [0, 0.1) is 11.8 Å². The number of hydrogen-bond acceptors (Lipinski definition) is 8. The fraction of sp³-hybridized carbons (Fsp3) is 0.345. The molecule has 3 aromatic carbocycles. The molecule has 2 aliphatic heterocycles. The van der Waals surface area contributed by atoms with E-state index < -0.39 is 5.92 Å². The lowest BCUT2D eigenvalue weighted by molar-refractivity contribution is -0.141. The molecule has 4 unspecified atom stereocenters. The number of hydrogen-bond donors (Lipinski definition) is 1. The maximum Gasteiger partial charge on any atom is 0.310 e. The van der Waals surface area contributed by atoms with Crippen molar-refractivity contribution in [2.24, 2.45) is 11.8 Å². The largest absolute Gasteiger partial charge is 0.493 e. The van der Waals surface area contributed by atoms with Gasteiger partial charge in [0, 0.05) is 29.4 Å². The molecule has 0 aromatic heterocycles. The van der Waals surface area contributed by atoms with Gasteiger partial charge in [-0.1, -0.05) is 29.8 Å². The van der Waals surface area contributed by atoms with Crippen LogP contribution in [0.4, 0.5) is 0 Å². The van der Waals surface area contributed by atoms with Crippen molar-refractivity contribution in [1.29, 1.82) is 0 Å². The van der Waals surface area contributed by atoms with Crippen molar-refractivity contribution in [3.8, 4) is 28.7 Å². The van der Waals surface area contributed by atoms with Crippen LogP contribution in [0.5, 0.6) is 28.7 Å². The number of benzene rings is 3. The molecule has 1 fully saturated rings. The summed E-state index contributed by atoms with van der Waals surface area (Å²) in [4.78, 5) is 13.3. The van der Waals surface area contributed by atoms with Gasteiger partial charge < -0.3 is 33.7 Å². The number of nitrogens with one attached hydrogen (secondary N) is 1. The Morgan fingerprint density at radius 2 is 1.61 bits per heavy atom. The summed E-state index contributed by atoms with van der Waals surface area (Å²) in [6.45, 7) is 0.989. The second kappa shape index (κ2) is 9.93. The van der Waals surface area contributed by atoms with Crippen molar-refractivity contribution in [2.75, 3.05) is 34.7 Å². The smallest absolute Gasteiger partial charge is 0.310 e. The summed E-state index contributed by atoms with van der Waals surface area (Å²) in [5.41, 5.74) is 3.82. The van der Waals surface area contributed by atoms with Crippen LogP contribution in [0.25, 0.3) is 0 Å². The molecule has 0 bridgehead atoms. The van der Waals surface area contributed by atoms with E-state index in [1.165, 1.54) is 0 Å². The average molecular weight is 538 g/mol. The van der Waals surface area contributed by atoms with Crippen molar-refractivity contribution >= 4 is 17.6 Å². The Labute approximate surface area is 225 Å². The molecule has 198 valence electrons. The molecule has 8 nitrogen and oxygen atoms in total. The third-order valence-electron chi connectivity index (χ3n) is 7.70. The summed E-state index contributed by atoms with van der Waals surface area (Å²) < 4.78 is 34.0. The van der Waals surface area contributed by atoms with Gasteiger partial charge in [0.25, 0.3) is 0 Å². The Kier molecular flexibility index (Phi) is 6.45. The first-order valence-electron chi connectivity index (χ1n) is 12.4. The highest BCUT2D eigenvalue weighted by Crippen LogP contribution is 2.55. The highest BCUT2D eigenvalue weighted by molar-refractivity contribution is 6.31. The zero-order valence-corrected chi connectivity index (χ0v) is 22.0. The minimum atomic E-state index is -0.436. The number of halogens is 1. The Bertz CT molecular complexity index is 1370. The number of carbonyl (C=O) groups is 1. The topological polar surface area (TPSA) is 84.5 Å². The molecule has 0 radical (unpaired) electrons. The van der Waals surface area contributed by atoms with Crippen LogP contribution >= 0.6 is 11.6 Å². The van der Waals surface area contributed by atoms with Gasteiger partial charge in [-0.15, -0.1) is 0 Å². The number of rotatable bonds is 7. The number of esters is 1. The minimum absolute atomic E-state index is 0.123. The molecule has 9 heteroatoms. The summed E-state index contributed by atoms with van der Waals surface area (Å²) in [7, 11) is 4.72. The zero-order chi connectivity index (χ0) is 26.4. The summed E-state index contributed by atoms with van der Waals surface area (Å²) in [6.07, 6.45) is 0. The van der Waals surface area contributed by atoms with Crippen LogP contribution in [-0.4, -0.2) is 40.7 Å². The molecule has 3 aliphatic rings. The normalized spacial score (nSPS) is 22.9. The van der Waals surface area contributed by atoms with Crippen LogP contribution in [0.1, 0.15) is 34.2 Å². The average Bonchev–Trinajstić information content (AvgIpc) is 3.56. The highest BCUT2D eigenvalue weighted by Gasteiger charge is 2.52. The lowest BCUT2D eigenvalue weighted by Crippen LogP contribution is -2.40. The predicted octanol–water partition coefficient (Wildman–Crippen LogP) is 4.86. The van der Waals surface area contributed by atoms with Crippen LogP contribution in [0.2, 0.25) is 5.02 Å². The van der Waals surface area contributed by atoms with Crippen LogP contribution in [0.3, 0.4) is 0 Å². The molecule has 2 heterocycles. The van der Waals surface area contributed by atoms with Crippen LogP contribution < -0.4 is 29.0 Å². The van der Waals surface area contributed by atoms with Gasteiger partial charge in [0.1, 0.15) is 0 Å². The molecule has 1 saturated heterocycles. The molecule has 38 heavy (non-hydrogen) atoms. The zero-order valence-electron chi connectivity index (χ0n) is 21.3. The van der Waals surface area contributed by atoms with Crippen molar-refractivity contribution in [3.05, 3.63) is 75.8 Å². The Hall–Kier alpha value is -3.62. The number of cyclic esters (lactones) is 1. The number of ether oxygens (including phenoxy) is 6. The predicted molar refractivity (Wildman–Crippen MR) is 139 cm³/mol. The molecule has 4 atom stereocenters. The van der Waals surface area contributed by atoms with E-state index in [2.05, 4.69) is 5.32 Å². The van der Waals surface area contributed by atoms with Gasteiger partial charge in [0.2, 0.25) is 12.5 Å². The molecule has 1 aliphatic carbocycles. The molecule has 0 amide bonds. The first kappa shape index (κ1) is 24.7. The monoisotopic (exact) mass is 537 g/mol. The van der Waals surface area contributed by atoms with Gasteiger partial charge >= 0.3 is 5.97 Å². The summed E-state index contributed by atoms with van der Waals surface area (Å²) in [5, 5.41) is 4.36. The van der Waals surface area contributed by atoms with Gasteiger partial charge in [-0.25, -0.2) is 0 Å². The van der Waals surface area contributed by atoms with Crippen molar-refractivity contribution < 1.29 is 33.2 Å². The maximum atomic E-state index is 13.3. The molecule has 3 aromatic rings. The van der Waals surface area contributed by atoms with Gasteiger partial charge in [0.15, 0.2) is 23.0 Å². The third-order valence-corrected chi connectivity index (χ3v) is 8.07. The van der Waals surface area contributed by atoms with Crippen molar-refractivity contribution in [1.82, 2.24) is 5.32 Å². The molecular formula is C29H28ClNO7. The summed E-state index contributed by atoms with van der Waals surface area (Å²) in [5.74, 6) is 1.74. The Balaban J connectivity index is 1.50. The fourth-order valence-corrected chi connectivity index (χ4v) is 6.17. The summed E-state index contributed by atoms with van der Waals surface area (Å²) in [6, 6.07) is 15.4. The Morgan fingerprint density at radius 1 is 0.921 bits per heavy atom. The lowest BCUT2D eigenvalue weighted by atomic mass is 9.65. The highest BCUT2D eigenvalue weighted by atomic mass is 35.5.